The molecule has 0 amide bonds. The van der Waals surface area contributed by atoms with Gasteiger partial charge in [0.25, 0.3) is 0 Å². The standard InChI is InChI=1S/C14H8BrNO3S/c1-18-14(17)16-4-2-7-11(16)9-6-10(15)19-12(9)8-3-5-20-13(7)8/h2-6H,1H3. The maximum absolute atomic E-state index is 11.9. The van der Waals surface area contributed by atoms with Crippen LogP contribution in [0.3, 0.4) is 0 Å². The van der Waals surface area contributed by atoms with Gasteiger partial charge in [0.05, 0.1) is 12.6 Å². The molecule has 0 aliphatic carbocycles. The smallest absolute Gasteiger partial charge is 0.418 e. The van der Waals surface area contributed by atoms with Crippen molar-refractivity contribution >= 4 is 65.3 Å². The second-order valence-corrected chi connectivity index (χ2v) is 6.07. The number of hydrogen-bond acceptors (Lipinski definition) is 4. The normalized spacial score (nSPS) is 11.7. The van der Waals surface area contributed by atoms with Crippen molar-refractivity contribution in [1.29, 1.82) is 0 Å². The Labute approximate surface area is 125 Å². The van der Waals surface area contributed by atoms with Crippen LogP contribution in [0.5, 0.6) is 0 Å². The molecule has 4 rings (SSSR count). The van der Waals surface area contributed by atoms with Crippen molar-refractivity contribution < 1.29 is 13.9 Å². The number of methoxy groups -OCH3 is 1. The number of ether oxygens (including phenoxy) is 1. The van der Waals surface area contributed by atoms with E-state index in [1.54, 1.807) is 17.5 Å². The summed E-state index contributed by atoms with van der Waals surface area (Å²) in [5, 5.41) is 5.01. The van der Waals surface area contributed by atoms with Gasteiger partial charge in [0.2, 0.25) is 0 Å². The van der Waals surface area contributed by atoms with Crippen molar-refractivity contribution in [3.05, 3.63) is 34.4 Å². The van der Waals surface area contributed by atoms with E-state index in [-0.39, 0.29) is 0 Å². The van der Waals surface area contributed by atoms with E-state index >= 15 is 0 Å². The molecule has 20 heavy (non-hydrogen) atoms. The Morgan fingerprint density at radius 1 is 1.35 bits per heavy atom. The van der Waals surface area contributed by atoms with E-state index in [1.165, 1.54) is 11.7 Å². The predicted octanol–water partition coefficient (Wildman–Crippen LogP) is 4.98. The molecule has 0 bridgehead atoms. The summed E-state index contributed by atoms with van der Waals surface area (Å²) in [6.07, 6.45) is 1.32. The van der Waals surface area contributed by atoms with Crippen LogP contribution in [0, 0.1) is 0 Å². The molecule has 4 aromatic rings. The second kappa shape index (κ2) is 4.10. The van der Waals surface area contributed by atoms with Crippen LogP contribution in [-0.2, 0) is 4.74 Å². The molecule has 6 heteroatoms. The van der Waals surface area contributed by atoms with Gasteiger partial charge in [0.1, 0.15) is 5.58 Å². The number of nitrogens with zero attached hydrogens (tertiary/aromatic N) is 1. The first-order valence-electron chi connectivity index (χ1n) is 5.88. The summed E-state index contributed by atoms with van der Waals surface area (Å²) in [5.41, 5.74) is 1.60. The van der Waals surface area contributed by atoms with Crippen molar-refractivity contribution in [3.8, 4) is 0 Å². The predicted molar refractivity (Wildman–Crippen MR) is 82.6 cm³/mol. The third kappa shape index (κ3) is 1.43. The van der Waals surface area contributed by atoms with Crippen molar-refractivity contribution in [2.45, 2.75) is 0 Å². The highest BCUT2D eigenvalue weighted by Gasteiger charge is 2.19. The molecular formula is C14H8BrNO3S. The van der Waals surface area contributed by atoms with Gasteiger partial charge in [-0.25, -0.2) is 4.79 Å². The van der Waals surface area contributed by atoms with Crippen LogP contribution < -0.4 is 0 Å². The summed E-state index contributed by atoms with van der Waals surface area (Å²) in [7, 11) is 1.38. The molecule has 0 aliphatic rings. The Balaban J connectivity index is 2.31. The van der Waals surface area contributed by atoms with Crippen LogP contribution in [0.1, 0.15) is 0 Å². The second-order valence-electron chi connectivity index (χ2n) is 4.37. The maximum atomic E-state index is 11.9. The molecular weight excluding hydrogens is 342 g/mol. The summed E-state index contributed by atoms with van der Waals surface area (Å²) in [4.78, 5) is 11.9. The topological polar surface area (TPSA) is 44.4 Å². The zero-order valence-corrected chi connectivity index (χ0v) is 12.7. The van der Waals surface area contributed by atoms with E-state index < -0.39 is 6.09 Å². The molecule has 0 atom stereocenters. The zero-order valence-electron chi connectivity index (χ0n) is 10.3. The van der Waals surface area contributed by atoms with Gasteiger partial charge in [-0.3, -0.25) is 4.57 Å². The van der Waals surface area contributed by atoms with Gasteiger partial charge in [-0.2, -0.15) is 0 Å². The molecule has 100 valence electrons. The number of carbonyl (C=O) groups is 1. The largest absolute Gasteiger partial charge is 0.452 e. The summed E-state index contributed by atoms with van der Waals surface area (Å²) in [6, 6.07) is 5.85. The zero-order chi connectivity index (χ0) is 13.9. The number of halogens is 1. The molecule has 0 radical (unpaired) electrons. The Morgan fingerprint density at radius 2 is 2.20 bits per heavy atom. The lowest BCUT2D eigenvalue weighted by Gasteiger charge is -2.03. The van der Waals surface area contributed by atoms with E-state index in [1.807, 2.05) is 23.6 Å². The molecule has 1 aromatic carbocycles. The summed E-state index contributed by atoms with van der Waals surface area (Å²) < 4.78 is 13.8. The van der Waals surface area contributed by atoms with Gasteiger partial charge < -0.3 is 9.15 Å². The van der Waals surface area contributed by atoms with Crippen molar-refractivity contribution in [2.24, 2.45) is 0 Å². The number of fused-ring (bicyclic) bond motifs is 6. The monoisotopic (exact) mass is 349 g/mol. The fraction of sp³-hybridized carbons (Fsp3) is 0.0714. The van der Waals surface area contributed by atoms with Crippen molar-refractivity contribution in [2.75, 3.05) is 7.11 Å². The van der Waals surface area contributed by atoms with Gasteiger partial charge >= 0.3 is 6.09 Å². The van der Waals surface area contributed by atoms with E-state index in [9.17, 15) is 4.79 Å². The molecule has 0 N–H and O–H groups in total. The molecule has 4 nitrogen and oxygen atoms in total. The SMILES string of the molecule is COC(=O)n1ccc2c3sccc3c3oc(Br)cc3c21. The summed E-state index contributed by atoms with van der Waals surface area (Å²) in [5.74, 6) is 0. The van der Waals surface area contributed by atoms with Crippen LogP contribution in [0.25, 0.3) is 32.0 Å². The van der Waals surface area contributed by atoms with E-state index in [0.717, 1.165) is 32.0 Å². The van der Waals surface area contributed by atoms with E-state index in [0.29, 0.717) is 4.67 Å². The lowest BCUT2D eigenvalue weighted by atomic mass is 10.1. The van der Waals surface area contributed by atoms with Crippen molar-refractivity contribution in [1.82, 2.24) is 4.57 Å². The molecule has 0 fully saturated rings. The molecule has 3 heterocycles. The van der Waals surface area contributed by atoms with Gasteiger partial charge in [-0.1, -0.05) is 0 Å². The first-order valence-corrected chi connectivity index (χ1v) is 7.55. The number of thiophene rings is 1. The van der Waals surface area contributed by atoms with Crippen LogP contribution >= 0.6 is 27.3 Å². The van der Waals surface area contributed by atoms with Gasteiger partial charge in [-0.05, 0) is 33.4 Å². The minimum Gasteiger partial charge on any atom is -0.452 e. The number of aromatic nitrogens is 1. The Bertz CT molecular complexity index is 979. The number of furan rings is 1. The first-order chi connectivity index (χ1) is 9.70. The molecule has 0 aliphatic heterocycles. The molecule has 0 saturated heterocycles. The molecule has 0 spiro atoms. The quantitative estimate of drug-likeness (QED) is 0.449. The highest BCUT2D eigenvalue weighted by Crippen LogP contribution is 2.40. The van der Waals surface area contributed by atoms with Crippen molar-refractivity contribution in [3.63, 3.8) is 0 Å². The number of hydrogen-bond donors (Lipinski definition) is 0. The van der Waals surface area contributed by atoms with Gasteiger partial charge in [-0.15, -0.1) is 11.3 Å². The van der Waals surface area contributed by atoms with Crippen LogP contribution in [0.4, 0.5) is 4.79 Å². The molecule has 0 unspecified atom stereocenters. The van der Waals surface area contributed by atoms with Gasteiger partial charge in [0.15, 0.2) is 4.67 Å². The highest BCUT2D eigenvalue weighted by atomic mass is 79.9. The fourth-order valence-electron chi connectivity index (χ4n) is 2.57. The third-order valence-corrected chi connectivity index (χ3v) is 4.71. The minimum atomic E-state index is -0.408. The van der Waals surface area contributed by atoms with Crippen LogP contribution in [0.2, 0.25) is 0 Å². The average Bonchev–Trinajstić information content (AvgIpc) is 3.12. The van der Waals surface area contributed by atoms with Crippen LogP contribution in [0.15, 0.2) is 38.9 Å². The molecule has 0 saturated carbocycles. The highest BCUT2D eigenvalue weighted by molar-refractivity contribution is 9.10. The molecule has 3 aromatic heterocycles. The number of rotatable bonds is 0. The summed E-state index contributed by atoms with van der Waals surface area (Å²) in [6.45, 7) is 0. The lowest BCUT2D eigenvalue weighted by molar-refractivity contribution is 0.174. The van der Waals surface area contributed by atoms with Crippen LogP contribution in [-0.4, -0.2) is 17.8 Å². The first kappa shape index (κ1) is 12.0. The Morgan fingerprint density at radius 3 is 3.00 bits per heavy atom. The minimum absolute atomic E-state index is 0.408. The maximum Gasteiger partial charge on any atom is 0.418 e. The fourth-order valence-corrected chi connectivity index (χ4v) is 3.88. The Hall–Kier alpha value is -1.79. The van der Waals surface area contributed by atoms with E-state index in [2.05, 4.69) is 15.9 Å². The number of benzene rings is 1. The Kier molecular flexibility index (Phi) is 2.46. The lowest BCUT2D eigenvalue weighted by Crippen LogP contribution is -2.09. The number of carbonyl (C=O) groups excluding carboxylic acids is 1. The van der Waals surface area contributed by atoms with E-state index in [4.69, 9.17) is 9.15 Å². The summed E-state index contributed by atoms with van der Waals surface area (Å²) >= 11 is 5.00. The average molecular weight is 350 g/mol. The third-order valence-electron chi connectivity index (χ3n) is 3.37. The van der Waals surface area contributed by atoms with Gasteiger partial charge in [0, 0.05) is 33.1 Å².